The fourth-order valence-electron chi connectivity index (χ4n) is 20.1. The Kier molecular flexibility index (Phi) is 14.6. The molecule has 9 aliphatic rings. The quantitative estimate of drug-likeness (QED) is 0.138. The minimum atomic E-state index is -0.320. The van der Waals surface area contributed by atoms with E-state index in [1.165, 1.54) is 128 Å². The van der Waals surface area contributed by atoms with Crippen molar-refractivity contribution >= 4 is 5.97 Å². The van der Waals surface area contributed by atoms with Crippen LogP contribution < -0.4 is 0 Å². The summed E-state index contributed by atoms with van der Waals surface area (Å²) in [6.45, 7) is 38.8. The lowest BCUT2D eigenvalue weighted by Crippen LogP contribution is -2.66. The summed E-state index contributed by atoms with van der Waals surface area (Å²) in [6.07, 6.45) is 34.2. The number of hydrogen-bond donors (Lipinski definition) is 0. The summed E-state index contributed by atoms with van der Waals surface area (Å²) >= 11 is 0. The predicted molar refractivity (Wildman–Crippen MR) is 269 cm³/mol. The van der Waals surface area contributed by atoms with Gasteiger partial charge in [0.25, 0.3) is 0 Å². The van der Waals surface area contributed by atoms with Gasteiger partial charge in [0.2, 0.25) is 0 Å². The maximum atomic E-state index is 15.2. The first kappa shape index (κ1) is 49.8. The van der Waals surface area contributed by atoms with Crippen LogP contribution in [0.2, 0.25) is 0 Å². The summed E-state index contributed by atoms with van der Waals surface area (Å²) in [5, 5.41) is 0. The third-order valence-corrected chi connectivity index (χ3v) is 23.3. The summed E-state index contributed by atoms with van der Waals surface area (Å²) in [6, 6.07) is 0. The molecule has 0 aromatic carbocycles. The zero-order valence-electron chi connectivity index (χ0n) is 44.4. The number of esters is 1. The van der Waals surface area contributed by atoms with Gasteiger partial charge in [0.15, 0.2) is 0 Å². The number of rotatable bonds is 8. The van der Waals surface area contributed by atoms with Gasteiger partial charge in [-0.1, -0.05) is 146 Å². The van der Waals surface area contributed by atoms with E-state index in [0.29, 0.717) is 44.8 Å². The Bertz CT molecular complexity index is 1650. The van der Waals surface area contributed by atoms with E-state index in [1.807, 2.05) is 13.8 Å². The molecule has 360 valence electrons. The van der Waals surface area contributed by atoms with Crippen LogP contribution in [0.25, 0.3) is 0 Å². The van der Waals surface area contributed by atoms with Crippen LogP contribution in [0, 0.1) is 97.1 Å². The molecule has 0 aromatic rings. The van der Waals surface area contributed by atoms with Gasteiger partial charge in [0, 0.05) is 6.42 Å². The SMILES string of the molecule is C=C(C)[C@@H]1CC[C@]2(C(=O)O[C@@H]3CC[C@@]4(C)C(=CC[C@H]5[C@@H]6CC[C@H](CCCCC(C)C)[C@@]6(C)CC[C@@H]54)C3)CC[C@]3(C)[C@H](CC[C@@H]4[C@@]5(C)CCCC(C)(C)C5CC[C@]43C)C12.CC.CCC. The maximum Gasteiger partial charge on any atom is 0.312 e. The molecular weight excluding hydrogens is 765 g/mol. The highest BCUT2D eigenvalue weighted by molar-refractivity contribution is 5.78. The first-order valence-corrected chi connectivity index (χ1v) is 28.3. The number of carbonyl (C=O) groups excluding carboxylic acids is 1. The third kappa shape index (κ3) is 7.98. The highest BCUT2D eigenvalue weighted by atomic mass is 16.5. The van der Waals surface area contributed by atoms with Crippen LogP contribution in [0.1, 0.15) is 251 Å². The molecule has 0 aromatic heterocycles. The number of allylic oxidation sites excluding steroid dienone is 2. The summed E-state index contributed by atoms with van der Waals surface area (Å²) in [5.74, 6) is 7.69. The molecular formula is C61H104O2. The van der Waals surface area contributed by atoms with Crippen molar-refractivity contribution in [1.29, 1.82) is 0 Å². The van der Waals surface area contributed by atoms with E-state index in [0.717, 1.165) is 73.5 Å². The van der Waals surface area contributed by atoms with Gasteiger partial charge in [-0.2, -0.15) is 0 Å². The molecule has 2 nitrogen and oxygen atoms in total. The molecule has 9 rings (SSSR count). The van der Waals surface area contributed by atoms with Crippen LogP contribution in [0.3, 0.4) is 0 Å². The van der Waals surface area contributed by atoms with Gasteiger partial charge in [-0.25, -0.2) is 0 Å². The number of unbranched alkanes of at least 4 members (excludes halogenated alkanes) is 1. The van der Waals surface area contributed by atoms with Gasteiger partial charge in [-0.05, 0) is 214 Å². The fraction of sp³-hybridized carbons (Fsp3) is 0.918. The number of fused-ring (bicyclic) bond motifs is 12. The molecule has 0 N–H and O–H groups in total. The molecule has 63 heavy (non-hydrogen) atoms. The molecule has 0 saturated heterocycles. The van der Waals surface area contributed by atoms with Crippen LogP contribution in [0.15, 0.2) is 23.8 Å². The molecule has 0 amide bonds. The zero-order chi connectivity index (χ0) is 46.0. The molecule has 0 aliphatic heterocycles. The Balaban J connectivity index is 0.00000114. The first-order valence-electron chi connectivity index (χ1n) is 28.3. The summed E-state index contributed by atoms with van der Waals surface area (Å²) in [7, 11) is 0. The average Bonchev–Trinajstić information content (AvgIpc) is 3.79. The molecule has 16 atom stereocenters. The summed E-state index contributed by atoms with van der Waals surface area (Å²) < 4.78 is 7.00. The Morgan fingerprint density at radius 1 is 0.730 bits per heavy atom. The molecule has 0 radical (unpaired) electrons. The fourth-order valence-corrected chi connectivity index (χ4v) is 20.1. The monoisotopic (exact) mass is 869 g/mol. The minimum absolute atomic E-state index is 0.0595. The topological polar surface area (TPSA) is 26.3 Å². The van der Waals surface area contributed by atoms with Gasteiger partial charge in [-0.15, -0.1) is 0 Å². The van der Waals surface area contributed by atoms with Gasteiger partial charge in [-0.3, -0.25) is 4.79 Å². The number of hydrogen-bond acceptors (Lipinski definition) is 2. The van der Waals surface area contributed by atoms with Crippen LogP contribution in [-0.2, 0) is 9.53 Å². The van der Waals surface area contributed by atoms with Crippen molar-refractivity contribution in [2.75, 3.05) is 0 Å². The lowest BCUT2D eigenvalue weighted by molar-refractivity contribution is -0.239. The number of ether oxygens (including phenoxy) is 1. The molecule has 2 unspecified atom stereocenters. The van der Waals surface area contributed by atoms with E-state index < -0.39 is 0 Å². The van der Waals surface area contributed by atoms with Crippen LogP contribution >= 0.6 is 0 Å². The second kappa shape index (κ2) is 18.5. The smallest absolute Gasteiger partial charge is 0.312 e. The summed E-state index contributed by atoms with van der Waals surface area (Å²) in [4.78, 5) is 15.2. The van der Waals surface area contributed by atoms with E-state index in [9.17, 15) is 0 Å². The lowest BCUT2D eigenvalue weighted by atomic mass is 9.32. The Labute approximate surface area is 391 Å². The van der Waals surface area contributed by atoms with Crippen molar-refractivity contribution < 1.29 is 9.53 Å². The molecule has 8 fully saturated rings. The second-order valence-electron chi connectivity index (χ2n) is 26.9. The van der Waals surface area contributed by atoms with Crippen molar-refractivity contribution in [2.45, 2.75) is 257 Å². The van der Waals surface area contributed by atoms with Crippen molar-refractivity contribution in [3.63, 3.8) is 0 Å². The van der Waals surface area contributed by atoms with Crippen LogP contribution in [-0.4, -0.2) is 12.1 Å². The van der Waals surface area contributed by atoms with Crippen molar-refractivity contribution in [3.8, 4) is 0 Å². The largest absolute Gasteiger partial charge is 0.462 e. The van der Waals surface area contributed by atoms with Crippen LogP contribution in [0.5, 0.6) is 0 Å². The number of carbonyl (C=O) groups is 1. The summed E-state index contributed by atoms with van der Waals surface area (Å²) in [5.41, 5.74) is 5.07. The van der Waals surface area contributed by atoms with Gasteiger partial charge < -0.3 is 4.74 Å². The Hall–Kier alpha value is -1.05. The molecule has 0 bridgehead atoms. The molecule has 0 spiro atoms. The molecule has 2 heteroatoms. The first-order chi connectivity index (χ1) is 29.8. The third-order valence-electron chi connectivity index (χ3n) is 23.3. The highest BCUT2D eigenvalue weighted by Gasteiger charge is 2.72. The van der Waals surface area contributed by atoms with Crippen LogP contribution in [0.4, 0.5) is 0 Å². The maximum absolute atomic E-state index is 15.2. The van der Waals surface area contributed by atoms with Gasteiger partial charge >= 0.3 is 5.97 Å². The van der Waals surface area contributed by atoms with E-state index in [2.05, 4.69) is 95.7 Å². The Morgan fingerprint density at radius 3 is 2.14 bits per heavy atom. The van der Waals surface area contributed by atoms with Crippen molar-refractivity contribution in [1.82, 2.24) is 0 Å². The van der Waals surface area contributed by atoms with Gasteiger partial charge in [0.05, 0.1) is 5.41 Å². The zero-order valence-corrected chi connectivity index (χ0v) is 44.4. The lowest BCUT2D eigenvalue weighted by Gasteiger charge is -2.72. The average molecular weight is 870 g/mol. The van der Waals surface area contributed by atoms with E-state index in [-0.39, 0.29) is 22.9 Å². The normalized spacial score (nSPS) is 47.8. The standard InChI is InChI=1S/C56H90O2.C3H8.C2H6/c1-36(2)15-12-13-16-38-18-20-43-42-19-17-39-35-40(23-29-52(39,8)44(42)25-30-51(38,43)7)58-49(57)56-32-24-41(37(3)4)48(56)45-21-22-47-53(9)28-14-27-50(5,6)46(53)26-31-55(47,11)54(45,10)33-34-56;1-3-2;1-2/h17,36,38,40-48H,3,12-16,18-35H2,1-2,4-11H3;3H2,1-2H3;1-2H3/t38-,40+,41-,42-,43-,44-,45+,46?,47+,48?,51+,52-,53-,54+,55+,56-;;/m0../s1. The highest BCUT2D eigenvalue weighted by Crippen LogP contribution is 2.78. The van der Waals surface area contributed by atoms with Crippen molar-refractivity contribution in [2.24, 2.45) is 97.1 Å². The second-order valence-corrected chi connectivity index (χ2v) is 26.9. The van der Waals surface area contributed by atoms with Crippen molar-refractivity contribution in [3.05, 3.63) is 23.8 Å². The predicted octanol–water partition coefficient (Wildman–Crippen LogP) is 18.2. The van der Waals surface area contributed by atoms with E-state index >= 15 is 4.79 Å². The van der Waals surface area contributed by atoms with Gasteiger partial charge in [0.1, 0.15) is 6.10 Å². The molecule has 9 aliphatic carbocycles. The molecule has 0 heterocycles. The molecule has 8 saturated carbocycles. The minimum Gasteiger partial charge on any atom is -0.462 e. The Morgan fingerprint density at radius 2 is 1.44 bits per heavy atom. The van der Waals surface area contributed by atoms with E-state index in [4.69, 9.17) is 4.74 Å². The van der Waals surface area contributed by atoms with E-state index in [1.54, 1.807) is 5.57 Å².